The molecule has 2 aromatic rings. The van der Waals surface area contributed by atoms with Gasteiger partial charge in [0.1, 0.15) is 0 Å². The van der Waals surface area contributed by atoms with E-state index in [2.05, 4.69) is 0 Å². The van der Waals surface area contributed by atoms with Gasteiger partial charge >= 0.3 is 0 Å². The van der Waals surface area contributed by atoms with Crippen molar-refractivity contribution in [1.29, 1.82) is 0 Å². The lowest BCUT2D eigenvalue weighted by Gasteiger charge is -2.05. The van der Waals surface area contributed by atoms with E-state index in [-0.39, 0.29) is 11.5 Å². The molecule has 0 radical (unpaired) electrons. The molecule has 0 heterocycles. The summed E-state index contributed by atoms with van der Waals surface area (Å²) in [5.74, 6) is -1.59. The summed E-state index contributed by atoms with van der Waals surface area (Å²) in [4.78, 5) is 12.5. The fourth-order valence-corrected chi connectivity index (χ4v) is 2.48. The maximum absolute atomic E-state index is 13.0. The zero-order valence-corrected chi connectivity index (χ0v) is 11.1. The predicted octanol–water partition coefficient (Wildman–Crippen LogP) is 4.25. The van der Waals surface area contributed by atoms with Crippen LogP contribution in [0.5, 0.6) is 0 Å². The first-order chi connectivity index (χ1) is 9.08. The molecule has 0 aromatic heterocycles. The number of carbonyl (C=O) groups is 1. The Balaban J connectivity index is 2.04. The van der Waals surface area contributed by atoms with E-state index in [1.54, 1.807) is 6.07 Å². The lowest BCUT2D eigenvalue weighted by molar-refractivity contribution is 0.102. The van der Waals surface area contributed by atoms with E-state index < -0.39 is 11.6 Å². The molecular weight excluding hydrogens is 266 g/mol. The summed E-state index contributed by atoms with van der Waals surface area (Å²) < 4.78 is 25.8. The molecule has 0 aliphatic heterocycles. The Hall–Kier alpha value is -1.68. The largest absolute Gasteiger partial charge is 0.293 e. The average molecular weight is 278 g/mol. The van der Waals surface area contributed by atoms with Gasteiger partial charge < -0.3 is 0 Å². The maximum atomic E-state index is 13.0. The van der Waals surface area contributed by atoms with Crippen molar-refractivity contribution in [3.8, 4) is 0 Å². The summed E-state index contributed by atoms with van der Waals surface area (Å²) in [6.07, 6.45) is 0. The van der Waals surface area contributed by atoms with E-state index in [0.29, 0.717) is 10.5 Å². The summed E-state index contributed by atoms with van der Waals surface area (Å²) in [7, 11) is 0. The predicted molar refractivity (Wildman–Crippen MR) is 72.6 cm³/mol. The van der Waals surface area contributed by atoms with Gasteiger partial charge in [-0.15, -0.1) is 11.8 Å². The summed E-state index contributed by atoms with van der Waals surface area (Å²) in [6, 6.07) is 10.9. The molecule has 0 unspecified atom stereocenters. The topological polar surface area (TPSA) is 17.1 Å². The monoisotopic (exact) mass is 278 g/mol. The molecular formula is C15H12F2OS. The first kappa shape index (κ1) is 13.7. The third-order valence-electron chi connectivity index (χ3n) is 2.71. The van der Waals surface area contributed by atoms with Gasteiger partial charge in [0.2, 0.25) is 0 Å². The van der Waals surface area contributed by atoms with Crippen molar-refractivity contribution < 1.29 is 13.6 Å². The maximum Gasteiger partial charge on any atom is 0.173 e. The first-order valence-electron chi connectivity index (χ1n) is 5.74. The van der Waals surface area contributed by atoms with E-state index in [4.69, 9.17) is 0 Å². The third kappa shape index (κ3) is 3.41. The molecule has 0 saturated carbocycles. The molecule has 2 rings (SSSR count). The molecule has 0 aliphatic rings. The quantitative estimate of drug-likeness (QED) is 0.614. The molecule has 0 N–H and O–H groups in total. The highest BCUT2D eigenvalue weighted by atomic mass is 32.2. The summed E-state index contributed by atoms with van der Waals surface area (Å²) in [5, 5.41) is 0. The van der Waals surface area contributed by atoms with Crippen LogP contribution in [0.1, 0.15) is 15.9 Å². The molecule has 98 valence electrons. The summed E-state index contributed by atoms with van der Waals surface area (Å²) in [6.45, 7) is 1.87. The zero-order valence-electron chi connectivity index (χ0n) is 10.3. The second-order valence-corrected chi connectivity index (χ2v) is 5.15. The van der Waals surface area contributed by atoms with E-state index in [1.807, 2.05) is 25.1 Å². The Morgan fingerprint density at radius 1 is 1.11 bits per heavy atom. The van der Waals surface area contributed by atoms with Crippen molar-refractivity contribution in [2.45, 2.75) is 11.8 Å². The van der Waals surface area contributed by atoms with E-state index in [9.17, 15) is 13.6 Å². The Morgan fingerprint density at radius 3 is 2.53 bits per heavy atom. The minimum atomic E-state index is -0.895. The Bertz CT molecular complexity index is 611. The van der Waals surface area contributed by atoms with Gasteiger partial charge in [-0.05, 0) is 30.7 Å². The molecule has 4 heteroatoms. The minimum absolute atomic E-state index is 0.0205. The van der Waals surface area contributed by atoms with Gasteiger partial charge in [0, 0.05) is 10.5 Å². The molecule has 0 spiro atoms. The van der Waals surface area contributed by atoms with Crippen molar-refractivity contribution in [1.82, 2.24) is 0 Å². The lowest BCUT2D eigenvalue weighted by Crippen LogP contribution is -2.04. The van der Waals surface area contributed by atoms with Crippen molar-refractivity contribution in [3.05, 3.63) is 65.2 Å². The lowest BCUT2D eigenvalue weighted by atomic mass is 10.1. The highest BCUT2D eigenvalue weighted by Gasteiger charge is 2.10. The molecule has 0 bridgehead atoms. The molecule has 0 aliphatic carbocycles. The smallest absolute Gasteiger partial charge is 0.173 e. The summed E-state index contributed by atoms with van der Waals surface area (Å²) >= 11 is 1.20. The Kier molecular flexibility index (Phi) is 4.32. The summed E-state index contributed by atoms with van der Waals surface area (Å²) in [5.41, 5.74) is 1.58. The Labute approximate surface area is 114 Å². The van der Waals surface area contributed by atoms with Gasteiger partial charge in [0.15, 0.2) is 17.4 Å². The van der Waals surface area contributed by atoms with Crippen molar-refractivity contribution in [3.63, 3.8) is 0 Å². The van der Waals surface area contributed by atoms with Gasteiger partial charge in [-0.2, -0.15) is 0 Å². The zero-order chi connectivity index (χ0) is 13.8. The second kappa shape index (κ2) is 5.97. The number of ketones is 1. The van der Waals surface area contributed by atoms with Crippen molar-refractivity contribution >= 4 is 17.5 Å². The van der Waals surface area contributed by atoms with Crippen molar-refractivity contribution in [2.24, 2.45) is 0 Å². The fourth-order valence-electron chi connectivity index (χ4n) is 1.68. The third-order valence-corrected chi connectivity index (χ3v) is 3.70. The number of rotatable bonds is 4. The fraction of sp³-hybridized carbons (Fsp3) is 0.133. The standard InChI is InChI=1S/C15H12F2OS/c1-10-4-2-3-5-12(10)15(18)9-19-11-6-7-13(16)14(17)8-11/h2-8H,9H2,1H3. The number of hydrogen-bond acceptors (Lipinski definition) is 2. The normalized spacial score (nSPS) is 10.5. The van der Waals surface area contributed by atoms with Crippen LogP contribution >= 0.6 is 11.8 Å². The van der Waals surface area contributed by atoms with Gasteiger partial charge in [-0.1, -0.05) is 24.3 Å². The van der Waals surface area contributed by atoms with Crippen LogP contribution in [0.4, 0.5) is 8.78 Å². The minimum Gasteiger partial charge on any atom is -0.293 e. The van der Waals surface area contributed by atoms with Gasteiger partial charge in [-0.25, -0.2) is 8.78 Å². The number of benzene rings is 2. The Morgan fingerprint density at radius 2 is 1.84 bits per heavy atom. The van der Waals surface area contributed by atoms with Crippen molar-refractivity contribution in [2.75, 3.05) is 5.75 Å². The van der Waals surface area contributed by atoms with E-state index in [0.717, 1.165) is 17.7 Å². The number of thioether (sulfide) groups is 1. The first-order valence-corrected chi connectivity index (χ1v) is 6.73. The van der Waals surface area contributed by atoms with E-state index in [1.165, 1.54) is 17.8 Å². The second-order valence-electron chi connectivity index (χ2n) is 4.10. The number of hydrogen-bond donors (Lipinski definition) is 0. The van der Waals surface area contributed by atoms with Gasteiger partial charge in [0.25, 0.3) is 0 Å². The van der Waals surface area contributed by atoms with Crippen LogP contribution in [-0.4, -0.2) is 11.5 Å². The van der Waals surface area contributed by atoms with Gasteiger partial charge in [-0.3, -0.25) is 4.79 Å². The SMILES string of the molecule is Cc1ccccc1C(=O)CSc1ccc(F)c(F)c1. The molecule has 1 nitrogen and oxygen atoms in total. The molecule has 19 heavy (non-hydrogen) atoms. The van der Waals surface area contributed by atoms with Gasteiger partial charge in [0.05, 0.1) is 5.75 Å². The molecule has 2 aromatic carbocycles. The molecule has 0 fully saturated rings. The van der Waals surface area contributed by atoms with Crippen LogP contribution in [0.2, 0.25) is 0 Å². The molecule has 0 atom stereocenters. The number of halogens is 2. The van der Waals surface area contributed by atoms with Crippen LogP contribution < -0.4 is 0 Å². The highest BCUT2D eigenvalue weighted by Crippen LogP contribution is 2.22. The van der Waals surface area contributed by atoms with Crippen LogP contribution in [-0.2, 0) is 0 Å². The molecule has 0 saturated heterocycles. The number of aryl methyl sites for hydroxylation is 1. The average Bonchev–Trinajstić information content (AvgIpc) is 2.40. The van der Waals surface area contributed by atoms with Crippen LogP contribution in [0.25, 0.3) is 0 Å². The van der Waals surface area contributed by atoms with Crippen LogP contribution in [0, 0.1) is 18.6 Å². The van der Waals surface area contributed by atoms with E-state index >= 15 is 0 Å². The highest BCUT2D eigenvalue weighted by molar-refractivity contribution is 8.00. The number of Topliss-reactive ketones (excluding diaryl/α,β-unsaturated/α-hetero) is 1. The van der Waals surface area contributed by atoms with Crippen LogP contribution in [0.3, 0.4) is 0 Å². The number of carbonyl (C=O) groups excluding carboxylic acids is 1. The molecule has 0 amide bonds. The van der Waals surface area contributed by atoms with Crippen LogP contribution in [0.15, 0.2) is 47.4 Å².